The number of ether oxygens (including phenoxy) is 1. The number of allylic oxidation sites excluding steroid dienone is 1. The summed E-state index contributed by atoms with van der Waals surface area (Å²) in [4.78, 5) is 6.83. The first-order valence-electron chi connectivity index (χ1n) is 6.22. The van der Waals surface area contributed by atoms with Crippen molar-refractivity contribution < 1.29 is 13.5 Å². The Hall–Kier alpha value is -2.47. The Balaban J connectivity index is 2.38. The van der Waals surface area contributed by atoms with E-state index in [1.165, 1.54) is 18.3 Å². The van der Waals surface area contributed by atoms with Gasteiger partial charge in [-0.1, -0.05) is 41.9 Å². The summed E-state index contributed by atoms with van der Waals surface area (Å²) in [6.45, 7) is -2.86. The smallest absolute Gasteiger partial charge is 0.331 e. The molecule has 0 aliphatic carbocycles. The van der Waals surface area contributed by atoms with Crippen LogP contribution in [0.3, 0.4) is 0 Å². The number of alkyl halides is 2. The van der Waals surface area contributed by atoms with Crippen molar-refractivity contribution in [2.24, 2.45) is 10.7 Å². The van der Waals surface area contributed by atoms with Crippen molar-refractivity contribution in [3.05, 3.63) is 65.1 Å². The minimum atomic E-state index is -2.86. The number of nitrogens with two attached hydrogens (primary N) is 1. The average Bonchev–Trinajstić information content (AvgIpc) is 2.51. The van der Waals surface area contributed by atoms with Gasteiger partial charge in [-0.05, 0) is 6.07 Å². The van der Waals surface area contributed by atoms with Crippen molar-refractivity contribution in [3.8, 4) is 5.75 Å². The highest BCUT2D eigenvalue weighted by molar-refractivity contribution is 6.29. The van der Waals surface area contributed by atoms with Crippen molar-refractivity contribution in [1.82, 2.24) is 4.98 Å². The number of hydrogen-bond donors (Lipinski definition) is 1. The molecule has 0 bridgehead atoms. The second-order valence-corrected chi connectivity index (χ2v) is 4.50. The highest BCUT2D eigenvalue weighted by Gasteiger charge is 2.09. The minimum absolute atomic E-state index is 0.00577. The van der Waals surface area contributed by atoms with Crippen LogP contribution in [0.15, 0.2) is 59.4 Å². The van der Waals surface area contributed by atoms with E-state index in [1.54, 1.807) is 24.3 Å². The van der Waals surface area contributed by atoms with E-state index >= 15 is 0 Å². The highest BCUT2D eigenvalue weighted by atomic mass is 35.5. The van der Waals surface area contributed by atoms with Gasteiger partial charge in [0, 0.05) is 17.8 Å². The van der Waals surface area contributed by atoms with Gasteiger partial charge < -0.3 is 10.5 Å². The molecule has 2 aromatic rings. The number of nitrogens with zero attached hydrogens (tertiary/aromatic N) is 2. The van der Waals surface area contributed by atoms with Gasteiger partial charge in [0.2, 0.25) is 0 Å². The summed E-state index contributed by atoms with van der Waals surface area (Å²) in [6.07, 6.45) is 2.32. The van der Waals surface area contributed by atoms with E-state index in [4.69, 9.17) is 22.1 Å². The Kier molecular flexibility index (Phi) is 5.43. The molecule has 1 aromatic carbocycles. The van der Waals surface area contributed by atoms with Gasteiger partial charge in [-0.3, -0.25) is 0 Å². The van der Waals surface area contributed by atoms with Crippen molar-refractivity contribution in [1.29, 1.82) is 0 Å². The molecule has 0 amide bonds. The predicted molar refractivity (Wildman–Crippen MR) is 81.9 cm³/mol. The summed E-state index contributed by atoms with van der Waals surface area (Å²) < 4.78 is 30.1. The number of rotatable bonds is 5. The summed E-state index contributed by atoms with van der Waals surface area (Å²) in [7, 11) is 0. The van der Waals surface area contributed by atoms with Crippen molar-refractivity contribution in [2.45, 2.75) is 6.55 Å². The molecule has 22 heavy (non-hydrogen) atoms. The van der Waals surface area contributed by atoms with Gasteiger partial charge in [-0.25, -0.2) is 9.98 Å². The molecular formula is C15H12ClF2N3O. The topological polar surface area (TPSA) is 60.5 Å². The molecule has 0 saturated carbocycles. The van der Waals surface area contributed by atoms with Gasteiger partial charge in [0.05, 0.1) is 11.9 Å². The normalized spacial score (nSPS) is 12.5. The molecule has 0 fully saturated rings. The maximum atomic E-state index is 12.3. The quantitative estimate of drug-likeness (QED) is 0.395. The van der Waals surface area contributed by atoms with E-state index in [9.17, 15) is 8.78 Å². The summed E-state index contributed by atoms with van der Waals surface area (Å²) >= 11 is 5.76. The van der Waals surface area contributed by atoms with E-state index in [1.807, 2.05) is 6.07 Å². The van der Waals surface area contributed by atoms with Crippen molar-refractivity contribution in [3.63, 3.8) is 0 Å². The fourth-order valence-corrected chi connectivity index (χ4v) is 1.77. The Labute approximate surface area is 130 Å². The zero-order chi connectivity index (χ0) is 15.9. The summed E-state index contributed by atoms with van der Waals surface area (Å²) in [5.74, 6) is 0.309. The third-order valence-electron chi connectivity index (χ3n) is 2.58. The molecule has 0 atom stereocenters. The van der Waals surface area contributed by atoms with Crippen LogP contribution in [0.25, 0.3) is 5.70 Å². The van der Waals surface area contributed by atoms with Gasteiger partial charge in [0.15, 0.2) is 5.76 Å². The van der Waals surface area contributed by atoms with Gasteiger partial charge >= 0.3 is 6.55 Å². The Morgan fingerprint density at radius 1 is 1.27 bits per heavy atom. The van der Waals surface area contributed by atoms with Crippen molar-refractivity contribution >= 4 is 23.5 Å². The first-order valence-corrected chi connectivity index (χ1v) is 6.60. The predicted octanol–water partition coefficient (Wildman–Crippen LogP) is 3.73. The molecule has 1 heterocycles. The average molecular weight is 324 g/mol. The molecule has 0 aliphatic rings. The first-order chi connectivity index (χ1) is 10.6. The molecule has 0 radical (unpaired) electrons. The summed E-state index contributed by atoms with van der Waals surface area (Å²) in [5.41, 5.74) is 6.78. The molecule has 2 rings (SSSR count). The maximum absolute atomic E-state index is 12.3. The standard InChI is InChI=1S/C15H12ClF2N3O/c16-13-8-11(6-7-20-13)22-12(9-21-15(17)18)14(19)10-4-2-1-3-5-10/h1-9,15H,19H2/b14-12+,21-9+. The SMILES string of the molecule is N/C(=C(\C=N\C(F)F)Oc1ccnc(Cl)c1)c1ccccc1. The lowest BCUT2D eigenvalue weighted by molar-refractivity contribution is 0.160. The van der Waals surface area contributed by atoms with Crippen LogP contribution in [0.5, 0.6) is 5.75 Å². The zero-order valence-corrected chi connectivity index (χ0v) is 12.0. The fraction of sp³-hybridized carbons (Fsp3) is 0.0667. The lowest BCUT2D eigenvalue weighted by Gasteiger charge is -2.10. The zero-order valence-electron chi connectivity index (χ0n) is 11.3. The van der Waals surface area contributed by atoms with Crippen LogP contribution in [-0.2, 0) is 0 Å². The summed E-state index contributed by atoms with van der Waals surface area (Å²) in [6, 6.07) is 11.8. The molecule has 114 valence electrons. The van der Waals surface area contributed by atoms with Gasteiger partial charge in [0.1, 0.15) is 10.9 Å². The number of pyridine rings is 1. The van der Waals surface area contributed by atoms with Crippen LogP contribution >= 0.6 is 11.6 Å². The Morgan fingerprint density at radius 3 is 2.64 bits per heavy atom. The Morgan fingerprint density at radius 2 is 2.00 bits per heavy atom. The monoisotopic (exact) mass is 323 g/mol. The molecule has 4 nitrogen and oxygen atoms in total. The first kappa shape index (κ1) is 15.9. The van der Waals surface area contributed by atoms with E-state index < -0.39 is 6.55 Å². The fourth-order valence-electron chi connectivity index (χ4n) is 1.61. The molecule has 0 saturated heterocycles. The van der Waals surface area contributed by atoms with E-state index in [-0.39, 0.29) is 16.6 Å². The number of halogens is 3. The molecule has 7 heteroatoms. The van der Waals surface area contributed by atoms with Crippen LogP contribution in [0.1, 0.15) is 5.56 Å². The highest BCUT2D eigenvalue weighted by Crippen LogP contribution is 2.20. The van der Waals surface area contributed by atoms with E-state index in [0.717, 1.165) is 6.21 Å². The molecule has 0 spiro atoms. The number of aliphatic imine (C=N–C) groups is 1. The number of aromatic nitrogens is 1. The lowest BCUT2D eigenvalue weighted by atomic mass is 10.1. The van der Waals surface area contributed by atoms with Crippen molar-refractivity contribution in [2.75, 3.05) is 0 Å². The number of benzene rings is 1. The maximum Gasteiger partial charge on any atom is 0.331 e. The largest absolute Gasteiger partial charge is 0.453 e. The number of hydrogen-bond acceptors (Lipinski definition) is 4. The summed E-state index contributed by atoms with van der Waals surface area (Å²) in [5, 5.41) is 0.209. The van der Waals surface area contributed by atoms with Crippen LogP contribution in [0.2, 0.25) is 5.15 Å². The molecular weight excluding hydrogens is 312 g/mol. The van der Waals surface area contributed by atoms with Crippen LogP contribution in [0.4, 0.5) is 8.78 Å². The molecule has 2 N–H and O–H groups in total. The van der Waals surface area contributed by atoms with Crippen LogP contribution in [0, 0.1) is 0 Å². The molecule has 1 aromatic heterocycles. The second kappa shape index (κ2) is 7.51. The van der Waals surface area contributed by atoms with E-state index in [2.05, 4.69) is 9.98 Å². The third-order valence-corrected chi connectivity index (χ3v) is 2.79. The van der Waals surface area contributed by atoms with Crippen LogP contribution < -0.4 is 10.5 Å². The van der Waals surface area contributed by atoms with E-state index in [0.29, 0.717) is 11.3 Å². The molecule has 0 aliphatic heterocycles. The third kappa shape index (κ3) is 4.53. The molecule has 0 unspecified atom stereocenters. The second-order valence-electron chi connectivity index (χ2n) is 4.12. The lowest BCUT2D eigenvalue weighted by Crippen LogP contribution is -2.09. The van der Waals surface area contributed by atoms with Crippen LogP contribution in [-0.4, -0.2) is 17.7 Å². The van der Waals surface area contributed by atoms with Gasteiger partial charge in [-0.2, -0.15) is 8.78 Å². The van der Waals surface area contributed by atoms with Gasteiger partial charge in [0.25, 0.3) is 0 Å². The Bertz CT molecular complexity index is 690. The van der Waals surface area contributed by atoms with Gasteiger partial charge in [-0.15, -0.1) is 0 Å². The minimum Gasteiger partial charge on any atom is -0.453 e.